The molecule has 0 fully saturated rings. The molecule has 0 saturated carbocycles. The Kier molecular flexibility index (Phi) is 5.72. The highest BCUT2D eigenvalue weighted by Crippen LogP contribution is 2.30. The zero-order valence-electron chi connectivity index (χ0n) is 14.0. The van der Waals surface area contributed by atoms with Gasteiger partial charge in [-0.15, -0.1) is 0 Å². The normalized spacial score (nSPS) is 11.6. The first-order chi connectivity index (χ1) is 13.0. The van der Waals surface area contributed by atoms with Gasteiger partial charge >= 0.3 is 6.18 Å². The lowest BCUT2D eigenvalue weighted by atomic mass is 10.1. The number of hydrogen-bond acceptors (Lipinski definition) is 6. The second-order valence-corrected chi connectivity index (χ2v) is 5.67. The molecule has 3 aromatic rings. The Bertz CT molecular complexity index is 862. The van der Waals surface area contributed by atoms with Crippen LogP contribution in [0.4, 0.5) is 13.2 Å². The Balaban J connectivity index is 1.55. The number of rotatable bonds is 7. The molecule has 6 nitrogen and oxygen atoms in total. The SMILES string of the molecule is ONCc1ccc(OCCc2noc(-c3ccc(C(F)(F)F)cc3)n2)cc1. The number of ether oxygens (including phenoxy) is 1. The molecule has 2 N–H and O–H groups in total. The molecule has 27 heavy (non-hydrogen) atoms. The summed E-state index contributed by atoms with van der Waals surface area (Å²) in [6.07, 6.45) is -4.01. The molecule has 0 radical (unpaired) electrons. The number of alkyl halides is 3. The molecule has 0 bridgehead atoms. The summed E-state index contributed by atoms with van der Waals surface area (Å²) >= 11 is 0. The van der Waals surface area contributed by atoms with Gasteiger partial charge in [-0.25, -0.2) is 5.48 Å². The monoisotopic (exact) mass is 379 g/mol. The van der Waals surface area contributed by atoms with Crippen molar-refractivity contribution >= 4 is 0 Å². The molecule has 9 heteroatoms. The number of hydroxylamine groups is 1. The van der Waals surface area contributed by atoms with E-state index in [0.29, 0.717) is 36.7 Å². The van der Waals surface area contributed by atoms with Gasteiger partial charge in [-0.05, 0) is 42.0 Å². The van der Waals surface area contributed by atoms with Crippen molar-refractivity contribution in [3.63, 3.8) is 0 Å². The summed E-state index contributed by atoms with van der Waals surface area (Å²) in [5.74, 6) is 1.20. The quantitative estimate of drug-likeness (QED) is 0.607. The van der Waals surface area contributed by atoms with E-state index in [0.717, 1.165) is 17.7 Å². The van der Waals surface area contributed by atoms with E-state index < -0.39 is 11.7 Å². The number of nitrogens with zero attached hydrogens (tertiary/aromatic N) is 2. The van der Waals surface area contributed by atoms with Crippen molar-refractivity contribution in [3.8, 4) is 17.2 Å². The van der Waals surface area contributed by atoms with E-state index in [2.05, 4.69) is 15.6 Å². The number of nitrogens with one attached hydrogen (secondary N) is 1. The first-order valence-electron chi connectivity index (χ1n) is 8.04. The molecule has 0 atom stereocenters. The molecule has 0 amide bonds. The molecule has 0 aliphatic carbocycles. The minimum absolute atomic E-state index is 0.152. The molecule has 0 spiro atoms. The van der Waals surface area contributed by atoms with Crippen LogP contribution in [0.1, 0.15) is 17.0 Å². The number of aromatic nitrogens is 2. The first kappa shape index (κ1) is 18.9. The van der Waals surface area contributed by atoms with Crippen LogP contribution < -0.4 is 10.2 Å². The summed E-state index contributed by atoms with van der Waals surface area (Å²) in [5, 5.41) is 12.4. The van der Waals surface area contributed by atoms with Crippen LogP contribution >= 0.6 is 0 Å². The molecule has 3 rings (SSSR count). The second kappa shape index (κ2) is 8.19. The van der Waals surface area contributed by atoms with Crippen LogP contribution in [0.3, 0.4) is 0 Å². The van der Waals surface area contributed by atoms with E-state index in [1.54, 1.807) is 12.1 Å². The minimum atomic E-state index is -4.39. The van der Waals surface area contributed by atoms with Gasteiger partial charge in [-0.3, -0.25) is 0 Å². The Morgan fingerprint density at radius 3 is 2.37 bits per heavy atom. The van der Waals surface area contributed by atoms with Crippen molar-refractivity contribution in [1.29, 1.82) is 0 Å². The molecule has 2 aromatic carbocycles. The number of hydrogen-bond donors (Lipinski definition) is 2. The van der Waals surface area contributed by atoms with Crippen molar-refractivity contribution in [2.75, 3.05) is 6.61 Å². The highest BCUT2D eigenvalue weighted by Gasteiger charge is 2.30. The van der Waals surface area contributed by atoms with E-state index in [-0.39, 0.29) is 5.89 Å². The van der Waals surface area contributed by atoms with E-state index in [1.807, 2.05) is 12.1 Å². The van der Waals surface area contributed by atoms with E-state index in [9.17, 15) is 13.2 Å². The van der Waals surface area contributed by atoms with Gasteiger partial charge in [0.15, 0.2) is 5.82 Å². The van der Waals surface area contributed by atoms with Gasteiger partial charge in [-0.1, -0.05) is 17.3 Å². The second-order valence-electron chi connectivity index (χ2n) is 5.67. The molecule has 0 saturated heterocycles. The van der Waals surface area contributed by atoms with Crippen molar-refractivity contribution in [2.24, 2.45) is 0 Å². The highest BCUT2D eigenvalue weighted by molar-refractivity contribution is 5.53. The molecular formula is C18H16F3N3O3. The maximum absolute atomic E-state index is 12.6. The highest BCUT2D eigenvalue weighted by atomic mass is 19.4. The van der Waals surface area contributed by atoms with Crippen molar-refractivity contribution in [1.82, 2.24) is 15.6 Å². The lowest BCUT2D eigenvalue weighted by molar-refractivity contribution is -0.137. The molecule has 0 aliphatic heterocycles. The fourth-order valence-corrected chi connectivity index (χ4v) is 2.33. The molecule has 0 unspecified atom stereocenters. The first-order valence-corrected chi connectivity index (χ1v) is 8.04. The van der Waals surface area contributed by atoms with Crippen molar-refractivity contribution < 1.29 is 27.6 Å². The Labute approximate surface area is 152 Å². The van der Waals surface area contributed by atoms with Crippen LogP contribution in [0.2, 0.25) is 0 Å². The molecule has 1 heterocycles. The number of benzene rings is 2. The van der Waals surface area contributed by atoms with Crippen LogP contribution in [0.25, 0.3) is 11.5 Å². The Hall–Kier alpha value is -2.91. The van der Waals surface area contributed by atoms with Gasteiger partial charge in [0.1, 0.15) is 5.75 Å². The molecule has 0 aliphatic rings. The van der Waals surface area contributed by atoms with Gasteiger partial charge in [0, 0.05) is 18.5 Å². The summed E-state index contributed by atoms with van der Waals surface area (Å²) < 4.78 is 48.4. The third-order valence-corrected chi connectivity index (χ3v) is 3.73. The predicted octanol–water partition coefficient (Wildman–Crippen LogP) is 3.86. The van der Waals surface area contributed by atoms with Gasteiger partial charge in [-0.2, -0.15) is 18.2 Å². The summed E-state index contributed by atoms with van der Waals surface area (Å²) in [6.45, 7) is 0.652. The van der Waals surface area contributed by atoms with Crippen LogP contribution in [0.5, 0.6) is 5.75 Å². The minimum Gasteiger partial charge on any atom is -0.493 e. The zero-order chi connectivity index (χ0) is 19.3. The molecule has 1 aromatic heterocycles. The van der Waals surface area contributed by atoms with Gasteiger partial charge in [0.25, 0.3) is 5.89 Å². The van der Waals surface area contributed by atoms with Gasteiger partial charge in [0.05, 0.1) is 12.2 Å². The average molecular weight is 379 g/mol. The van der Waals surface area contributed by atoms with Crippen LogP contribution in [-0.2, 0) is 19.1 Å². The smallest absolute Gasteiger partial charge is 0.416 e. The standard InChI is InChI=1S/C18H16F3N3O3/c19-18(20,21)14-5-3-13(4-6-14)17-23-16(24-27-17)9-10-26-15-7-1-12(2-8-15)11-22-25/h1-8,22,25H,9-11H2. The maximum Gasteiger partial charge on any atom is 0.416 e. The van der Waals surface area contributed by atoms with E-state index in [1.165, 1.54) is 12.1 Å². The predicted molar refractivity (Wildman–Crippen MR) is 89.0 cm³/mol. The maximum atomic E-state index is 12.6. The lowest BCUT2D eigenvalue weighted by Crippen LogP contribution is -2.06. The molecule has 142 valence electrons. The lowest BCUT2D eigenvalue weighted by Gasteiger charge is -2.06. The summed E-state index contributed by atoms with van der Waals surface area (Å²) in [4.78, 5) is 4.17. The van der Waals surface area contributed by atoms with Crippen molar-refractivity contribution in [3.05, 3.63) is 65.5 Å². The fourth-order valence-electron chi connectivity index (χ4n) is 2.33. The largest absolute Gasteiger partial charge is 0.493 e. The summed E-state index contributed by atoms with van der Waals surface area (Å²) in [7, 11) is 0. The van der Waals surface area contributed by atoms with Gasteiger partial charge in [0.2, 0.25) is 0 Å². The van der Waals surface area contributed by atoms with Crippen LogP contribution in [-0.4, -0.2) is 22.0 Å². The fraction of sp³-hybridized carbons (Fsp3) is 0.222. The van der Waals surface area contributed by atoms with Gasteiger partial charge < -0.3 is 14.5 Å². The topological polar surface area (TPSA) is 80.4 Å². The van der Waals surface area contributed by atoms with Crippen LogP contribution in [0, 0.1) is 0 Å². The third kappa shape index (κ3) is 5.05. The summed E-state index contributed by atoms with van der Waals surface area (Å²) in [6, 6.07) is 11.7. The Morgan fingerprint density at radius 1 is 1.04 bits per heavy atom. The van der Waals surface area contributed by atoms with Crippen molar-refractivity contribution in [2.45, 2.75) is 19.1 Å². The zero-order valence-corrected chi connectivity index (χ0v) is 14.0. The Morgan fingerprint density at radius 2 is 1.74 bits per heavy atom. The molecular weight excluding hydrogens is 363 g/mol. The number of halogens is 3. The van der Waals surface area contributed by atoms with E-state index in [4.69, 9.17) is 14.5 Å². The average Bonchev–Trinajstić information content (AvgIpc) is 3.12. The summed E-state index contributed by atoms with van der Waals surface area (Å²) in [5.41, 5.74) is 2.65. The van der Waals surface area contributed by atoms with Crippen LogP contribution in [0.15, 0.2) is 53.1 Å². The third-order valence-electron chi connectivity index (χ3n) is 3.73. The van der Waals surface area contributed by atoms with E-state index >= 15 is 0 Å².